The lowest BCUT2D eigenvalue weighted by atomic mass is 10.5. The van der Waals surface area contributed by atoms with Crippen LogP contribution in [0.3, 0.4) is 0 Å². The van der Waals surface area contributed by atoms with Crippen LogP contribution < -0.4 is 0 Å². The van der Waals surface area contributed by atoms with Gasteiger partial charge in [-0.1, -0.05) is 0 Å². The average Bonchev–Trinajstić information content (AvgIpc) is 2.14. The molecule has 1 rings (SSSR count). The fourth-order valence-electron chi connectivity index (χ4n) is 0.537. The highest BCUT2D eigenvalue weighted by molar-refractivity contribution is 4.88. The molecule has 0 spiro atoms. The highest BCUT2D eigenvalue weighted by atomic mass is 16.7. The first kappa shape index (κ1) is 4.50. The molecule has 7 heavy (non-hydrogen) atoms. The first-order chi connectivity index (χ1) is 3.43. The van der Waals surface area contributed by atoms with E-state index in [1.54, 1.807) is 7.11 Å². The summed E-state index contributed by atoms with van der Waals surface area (Å²) in [5.41, 5.74) is 0. The van der Waals surface area contributed by atoms with E-state index in [-0.39, 0.29) is 0 Å². The van der Waals surface area contributed by atoms with Crippen molar-refractivity contribution in [1.29, 1.82) is 0 Å². The third-order valence-corrected chi connectivity index (χ3v) is 0.874. The minimum atomic E-state index is 0.667. The molecule has 2 heteroatoms. The van der Waals surface area contributed by atoms with Gasteiger partial charge in [-0.15, -0.1) is 0 Å². The van der Waals surface area contributed by atoms with E-state index >= 15 is 0 Å². The topological polar surface area (TPSA) is 18.5 Å². The van der Waals surface area contributed by atoms with Gasteiger partial charge >= 0.3 is 0 Å². The molecule has 0 atom stereocenters. The van der Waals surface area contributed by atoms with Gasteiger partial charge in [0.2, 0.25) is 0 Å². The Labute approximate surface area is 42.7 Å². The highest BCUT2D eigenvalue weighted by Crippen LogP contribution is 2.07. The van der Waals surface area contributed by atoms with Crippen LogP contribution in [0.25, 0.3) is 0 Å². The van der Waals surface area contributed by atoms with Gasteiger partial charge in [-0.3, -0.25) is 0 Å². The van der Waals surface area contributed by atoms with Gasteiger partial charge in [0.15, 0.2) is 0 Å². The molecule has 0 aromatic carbocycles. The lowest BCUT2D eigenvalue weighted by Crippen LogP contribution is -1.85. The zero-order valence-corrected chi connectivity index (χ0v) is 4.31. The van der Waals surface area contributed by atoms with Crippen LogP contribution in [0.2, 0.25) is 0 Å². The molecule has 0 saturated heterocycles. The largest absolute Gasteiger partial charge is 0.469 e. The average molecular weight is 100 g/mol. The van der Waals surface area contributed by atoms with Gasteiger partial charge in [-0.25, -0.2) is 0 Å². The maximum Gasteiger partial charge on any atom is 0.274 e. The van der Waals surface area contributed by atoms with Gasteiger partial charge in [0.25, 0.3) is 5.95 Å². The van der Waals surface area contributed by atoms with E-state index < -0.39 is 0 Å². The molecule has 0 unspecified atom stereocenters. The summed E-state index contributed by atoms with van der Waals surface area (Å²) in [6.45, 7) is 0.781. The van der Waals surface area contributed by atoms with Crippen molar-refractivity contribution in [2.45, 2.75) is 6.42 Å². The maximum absolute atomic E-state index is 4.94. The molecule has 0 amide bonds. The lowest BCUT2D eigenvalue weighted by Gasteiger charge is -1.97. The Bertz CT molecular complexity index is 86.1. The Morgan fingerprint density at radius 3 is 3.00 bits per heavy atom. The summed E-state index contributed by atoms with van der Waals surface area (Å²) in [7, 11) is 1.61. The molecule has 0 N–H and O–H groups in total. The number of rotatable bonds is 1. The van der Waals surface area contributed by atoms with Gasteiger partial charge in [-0.2, -0.15) is 0 Å². The van der Waals surface area contributed by atoms with E-state index in [1.165, 1.54) is 0 Å². The van der Waals surface area contributed by atoms with Gasteiger partial charge in [-0.05, 0) is 6.08 Å². The predicted octanol–water partition coefficient (Wildman–Crippen LogP) is 0.895. The van der Waals surface area contributed by atoms with Gasteiger partial charge in [0, 0.05) is 6.42 Å². The van der Waals surface area contributed by atoms with Crippen LogP contribution in [0.15, 0.2) is 12.0 Å². The van der Waals surface area contributed by atoms with E-state index in [0.29, 0.717) is 5.95 Å². The zero-order chi connectivity index (χ0) is 5.11. The first-order valence-corrected chi connectivity index (χ1v) is 2.30. The molecular formula is C5H8O2. The van der Waals surface area contributed by atoms with Crippen molar-refractivity contribution in [3.8, 4) is 0 Å². The third-order valence-electron chi connectivity index (χ3n) is 0.874. The lowest BCUT2D eigenvalue weighted by molar-refractivity contribution is 0.0834. The predicted molar refractivity (Wildman–Crippen MR) is 25.7 cm³/mol. The monoisotopic (exact) mass is 100 g/mol. The van der Waals surface area contributed by atoms with Crippen molar-refractivity contribution in [3.05, 3.63) is 12.0 Å². The summed E-state index contributed by atoms with van der Waals surface area (Å²) in [6.07, 6.45) is 2.92. The van der Waals surface area contributed by atoms with Gasteiger partial charge in [0.1, 0.15) is 0 Å². The number of ether oxygens (including phenoxy) is 2. The molecule has 0 bridgehead atoms. The second-order valence-corrected chi connectivity index (χ2v) is 1.36. The minimum absolute atomic E-state index is 0.667. The van der Waals surface area contributed by atoms with E-state index in [0.717, 1.165) is 13.0 Å². The standard InChI is InChI=1S/C5H8O2/c1-6-5-3-2-4-7-5/h3H,2,4H2,1H3. The fourth-order valence-corrected chi connectivity index (χ4v) is 0.537. The summed E-state index contributed by atoms with van der Waals surface area (Å²) in [6, 6.07) is 0. The van der Waals surface area contributed by atoms with Crippen LogP contribution in [0.1, 0.15) is 6.42 Å². The van der Waals surface area contributed by atoms with Crippen molar-refractivity contribution in [3.63, 3.8) is 0 Å². The number of hydrogen-bond donors (Lipinski definition) is 0. The van der Waals surface area contributed by atoms with Crippen LogP contribution in [-0.2, 0) is 9.47 Å². The summed E-state index contributed by atoms with van der Waals surface area (Å²) in [4.78, 5) is 0. The van der Waals surface area contributed by atoms with Gasteiger partial charge < -0.3 is 9.47 Å². The normalized spacial score (nSPS) is 18.1. The van der Waals surface area contributed by atoms with E-state index in [9.17, 15) is 0 Å². The smallest absolute Gasteiger partial charge is 0.274 e. The molecular weight excluding hydrogens is 92.1 g/mol. The SMILES string of the molecule is COC1=CCCO1. The number of methoxy groups -OCH3 is 1. The van der Waals surface area contributed by atoms with Crippen LogP contribution in [0, 0.1) is 0 Å². The van der Waals surface area contributed by atoms with E-state index in [4.69, 9.17) is 9.47 Å². The quantitative estimate of drug-likeness (QED) is 0.487. The molecule has 0 saturated carbocycles. The van der Waals surface area contributed by atoms with Crippen molar-refractivity contribution >= 4 is 0 Å². The second kappa shape index (κ2) is 1.87. The van der Waals surface area contributed by atoms with Crippen molar-refractivity contribution in [2.24, 2.45) is 0 Å². The van der Waals surface area contributed by atoms with Crippen LogP contribution >= 0.6 is 0 Å². The Kier molecular flexibility index (Phi) is 1.20. The Morgan fingerprint density at radius 1 is 1.86 bits per heavy atom. The molecule has 1 aliphatic rings. The minimum Gasteiger partial charge on any atom is -0.469 e. The summed E-state index contributed by atoms with van der Waals surface area (Å²) < 4.78 is 9.69. The molecule has 1 heterocycles. The second-order valence-electron chi connectivity index (χ2n) is 1.36. The molecule has 0 fully saturated rings. The highest BCUT2D eigenvalue weighted by Gasteiger charge is 2.01. The Balaban J connectivity index is 2.36. The van der Waals surface area contributed by atoms with E-state index in [1.807, 2.05) is 6.08 Å². The van der Waals surface area contributed by atoms with Crippen molar-refractivity contribution < 1.29 is 9.47 Å². The molecule has 1 aliphatic heterocycles. The van der Waals surface area contributed by atoms with Crippen LogP contribution in [-0.4, -0.2) is 13.7 Å². The van der Waals surface area contributed by atoms with Crippen molar-refractivity contribution in [2.75, 3.05) is 13.7 Å². The maximum atomic E-state index is 4.94. The van der Waals surface area contributed by atoms with Crippen molar-refractivity contribution in [1.82, 2.24) is 0 Å². The molecule has 0 radical (unpaired) electrons. The first-order valence-electron chi connectivity index (χ1n) is 2.30. The molecule has 40 valence electrons. The molecule has 0 aliphatic carbocycles. The fraction of sp³-hybridized carbons (Fsp3) is 0.600. The summed E-state index contributed by atoms with van der Waals surface area (Å²) >= 11 is 0. The molecule has 0 aromatic rings. The van der Waals surface area contributed by atoms with Gasteiger partial charge in [0.05, 0.1) is 13.7 Å². The Hall–Kier alpha value is -0.660. The number of hydrogen-bond acceptors (Lipinski definition) is 2. The summed E-state index contributed by atoms with van der Waals surface area (Å²) in [5, 5.41) is 0. The van der Waals surface area contributed by atoms with E-state index in [2.05, 4.69) is 0 Å². The van der Waals surface area contributed by atoms with Crippen LogP contribution in [0.4, 0.5) is 0 Å². The third kappa shape index (κ3) is 0.856. The molecule has 0 aromatic heterocycles. The Morgan fingerprint density at radius 2 is 2.71 bits per heavy atom. The van der Waals surface area contributed by atoms with Crippen LogP contribution in [0.5, 0.6) is 0 Å². The summed E-state index contributed by atoms with van der Waals surface area (Å²) in [5.74, 6) is 0.667. The zero-order valence-electron chi connectivity index (χ0n) is 4.31. The molecule has 2 nitrogen and oxygen atoms in total.